The van der Waals surface area contributed by atoms with E-state index >= 15 is 0 Å². The number of hydrogen-bond donors (Lipinski definition) is 0. The van der Waals surface area contributed by atoms with Gasteiger partial charge in [0.25, 0.3) is 0 Å². The fourth-order valence-electron chi connectivity index (χ4n) is 3.51. The van der Waals surface area contributed by atoms with Crippen LogP contribution < -0.4 is 0 Å². The average Bonchev–Trinajstić information content (AvgIpc) is 3.13. The van der Waals surface area contributed by atoms with E-state index in [1.807, 2.05) is 24.3 Å². The van der Waals surface area contributed by atoms with E-state index in [2.05, 4.69) is 40.5 Å². The van der Waals surface area contributed by atoms with Crippen LogP contribution in [0.5, 0.6) is 0 Å². The van der Waals surface area contributed by atoms with Gasteiger partial charge in [0.1, 0.15) is 0 Å². The van der Waals surface area contributed by atoms with Crippen LogP contribution in [0.15, 0.2) is 59.0 Å². The molecule has 0 aliphatic heterocycles. The fraction of sp³-hybridized carbons (Fsp3) is 0.300. The van der Waals surface area contributed by atoms with Crippen molar-refractivity contribution in [1.29, 1.82) is 0 Å². The first kappa shape index (κ1) is 15.4. The van der Waals surface area contributed by atoms with E-state index in [1.165, 1.54) is 18.4 Å². The van der Waals surface area contributed by atoms with Gasteiger partial charge >= 0.3 is 0 Å². The van der Waals surface area contributed by atoms with Crippen LogP contribution in [-0.4, -0.2) is 10.2 Å². The second-order valence-electron chi connectivity index (χ2n) is 6.41. The maximum atomic E-state index is 5.92. The van der Waals surface area contributed by atoms with E-state index in [4.69, 9.17) is 16.0 Å². The van der Waals surface area contributed by atoms with E-state index in [1.54, 1.807) is 0 Å². The zero-order chi connectivity index (χ0) is 16.4. The second kappa shape index (κ2) is 6.78. The highest BCUT2D eigenvalue weighted by Gasteiger charge is 2.27. The van der Waals surface area contributed by atoms with Crippen LogP contribution in [-0.2, 0) is 0 Å². The average molecular weight is 339 g/mol. The van der Waals surface area contributed by atoms with Gasteiger partial charge in [-0.3, -0.25) is 0 Å². The predicted octanol–water partition coefficient (Wildman–Crippen LogP) is 5.83. The summed E-state index contributed by atoms with van der Waals surface area (Å²) in [6.45, 7) is 0. The van der Waals surface area contributed by atoms with Gasteiger partial charge in [-0.25, -0.2) is 0 Å². The zero-order valence-electron chi connectivity index (χ0n) is 13.4. The molecule has 3 aromatic rings. The Labute approximate surface area is 146 Å². The molecule has 1 heterocycles. The van der Waals surface area contributed by atoms with Crippen LogP contribution in [0.1, 0.15) is 49.0 Å². The Morgan fingerprint density at radius 2 is 1.46 bits per heavy atom. The molecule has 0 N–H and O–H groups in total. The van der Waals surface area contributed by atoms with E-state index in [-0.39, 0.29) is 0 Å². The molecule has 1 aliphatic carbocycles. The molecule has 4 rings (SSSR count). The Bertz CT molecular complexity index is 790. The van der Waals surface area contributed by atoms with Crippen molar-refractivity contribution in [2.24, 2.45) is 0 Å². The molecule has 0 unspecified atom stereocenters. The van der Waals surface area contributed by atoms with Gasteiger partial charge in [0, 0.05) is 16.5 Å². The van der Waals surface area contributed by atoms with E-state index in [0.29, 0.717) is 22.7 Å². The number of nitrogens with zero attached hydrogens (tertiary/aromatic N) is 2. The molecule has 0 atom stereocenters. The standard InChI is InChI=1S/C20H19ClN2O/c21-18-12-10-17(11-13-18)20-23-22-19(24-20)16-8-6-15(7-9-16)14-4-2-1-3-5-14/h1-5,10-13,15-16H,6-9H2. The summed E-state index contributed by atoms with van der Waals surface area (Å²) in [7, 11) is 0. The van der Waals surface area contributed by atoms with E-state index < -0.39 is 0 Å². The van der Waals surface area contributed by atoms with Crippen molar-refractivity contribution in [3.63, 3.8) is 0 Å². The lowest BCUT2D eigenvalue weighted by Crippen LogP contribution is -2.12. The molecule has 0 bridgehead atoms. The molecule has 0 radical (unpaired) electrons. The minimum absolute atomic E-state index is 0.374. The SMILES string of the molecule is Clc1ccc(-c2nnc(C3CCC(c4ccccc4)CC3)o2)cc1. The van der Waals surface area contributed by atoms with Crippen molar-refractivity contribution < 1.29 is 4.42 Å². The van der Waals surface area contributed by atoms with Crippen LogP contribution in [0.2, 0.25) is 5.02 Å². The normalized spacial score (nSPS) is 20.9. The quantitative estimate of drug-likeness (QED) is 0.603. The van der Waals surface area contributed by atoms with Crippen LogP contribution in [0.3, 0.4) is 0 Å². The van der Waals surface area contributed by atoms with Gasteiger partial charge in [-0.2, -0.15) is 0 Å². The van der Waals surface area contributed by atoms with Crippen molar-refractivity contribution in [2.75, 3.05) is 0 Å². The van der Waals surface area contributed by atoms with Crippen molar-refractivity contribution >= 4 is 11.6 Å². The molecule has 1 saturated carbocycles. The van der Waals surface area contributed by atoms with E-state index in [0.717, 1.165) is 24.3 Å². The summed E-state index contributed by atoms with van der Waals surface area (Å²) >= 11 is 5.92. The topological polar surface area (TPSA) is 38.9 Å². The first-order valence-corrected chi connectivity index (χ1v) is 8.81. The minimum Gasteiger partial charge on any atom is -0.420 e. The third kappa shape index (κ3) is 3.22. The van der Waals surface area contributed by atoms with Crippen LogP contribution in [0.4, 0.5) is 0 Å². The summed E-state index contributed by atoms with van der Waals surface area (Å²) < 4.78 is 5.92. The molecule has 0 amide bonds. The first-order chi connectivity index (χ1) is 11.8. The Morgan fingerprint density at radius 3 is 2.17 bits per heavy atom. The van der Waals surface area contributed by atoms with Crippen molar-refractivity contribution in [1.82, 2.24) is 10.2 Å². The third-order valence-electron chi connectivity index (χ3n) is 4.88. The summed E-state index contributed by atoms with van der Waals surface area (Å²) in [6.07, 6.45) is 4.55. The smallest absolute Gasteiger partial charge is 0.247 e. The number of halogens is 1. The highest BCUT2D eigenvalue weighted by Crippen LogP contribution is 2.40. The Kier molecular flexibility index (Phi) is 4.35. The Balaban J connectivity index is 1.44. The minimum atomic E-state index is 0.374. The highest BCUT2D eigenvalue weighted by molar-refractivity contribution is 6.30. The van der Waals surface area contributed by atoms with E-state index in [9.17, 15) is 0 Å². The largest absolute Gasteiger partial charge is 0.420 e. The zero-order valence-corrected chi connectivity index (χ0v) is 14.1. The Morgan fingerprint density at radius 1 is 0.792 bits per heavy atom. The molecule has 1 aromatic heterocycles. The molecular weight excluding hydrogens is 320 g/mol. The fourth-order valence-corrected chi connectivity index (χ4v) is 3.63. The maximum Gasteiger partial charge on any atom is 0.247 e. The number of rotatable bonds is 3. The molecule has 1 fully saturated rings. The second-order valence-corrected chi connectivity index (χ2v) is 6.85. The lowest BCUT2D eigenvalue weighted by molar-refractivity contribution is 0.341. The molecule has 2 aromatic carbocycles. The summed E-state index contributed by atoms with van der Waals surface area (Å²) in [6, 6.07) is 18.3. The van der Waals surface area contributed by atoms with Gasteiger partial charge < -0.3 is 4.42 Å². The maximum absolute atomic E-state index is 5.92. The summed E-state index contributed by atoms with van der Waals surface area (Å²) in [5.74, 6) is 2.37. The molecular formula is C20H19ClN2O. The number of aromatic nitrogens is 2. The van der Waals surface area contributed by atoms with Gasteiger partial charge in [0.2, 0.25) is 11.8 Å². The van der Waals surface area contributed by atoms with Gasteiger partial charge in [-0.15, -0.1) is 10.2 Å². The van der Waals surface area contributed by atoms with Gasteiger partial charge in [0.05, 0.1) is 0 Å². The van der Waals surface area contributed by atoms with Crippen molar-refractivity contribution in [2.45, 2.75) is 37.5 Å². The van der Waals surface area contributed by atoms with Gasteiger partial charge in [-0.1, -0.05) is 41.9 Å². The molecule has 3 nitrogen and oxygen atoms in total. The van der Waals surface area contributed by atoms with Gasteiger partial charge in [0.15, 0.2) is 0 Å². The Hall–Kier alpha value is -2.13. The number of benzene rings is 2. The molecule has 4 heteroatoms. The molecule has 0 saturated heterocycles. The highest BCUT2D eigenvalue weighted by atomic mass is 35.5. The third-order valence-corrected chi connectivity index (χ3v) is 5.13. The first-order valence-electron chi connectivity index (χ1n) is 8.44. The molecule has 0 spiro atoms. The summed E-state index contributed by atoms with van der Waals surface area (Å²) in [4.78, 5) is 0. The summed E-state index contributed by atoms with van der Waals surface area (Å²) in [5, 5.41) is 9.20. The predicted molar refractivity (Wildman–Crippen MR) is 95.1 cm³/mol. The van der Waals surface area contributed by atoms with Crippen LogP contribution in [0.25, 0.3) is 11.5 Å². The van der Waals surface area contributed by atoms with Crippen molar-refractivity contribution in [3.8, 4) is 11.5 Å². The monoisotopic (exact) mass is 338 g/mol. The number of hydrogen-bond acceptors (Lipinski definition) is 3. The lowest BCUT2D eigenvalue weighted by atomic mass is 9.79. The van der Waals surface area contributed by atoms with Gasteiger partial charge in [-0.05, 0) is 61.4 Å². The summed E-state index contributed by atoms with van der Waals surface area (Å²) in [5.41, 5.74) is 2.36. The molecule has 122 valence electrons. The van der Waals surface area contributed by atoms with Crippen LogP contribution in [0, 0.1) is 0 Å². The molecule has 24 heavy (non-hydrogen) atoms. The van der Waals surface area contributed by atoms with Crippen molar-refractivity contribution in [3.05, 3.63) is 71.1 Å². The van der Waals surface area contributed by atoms with Crippen LogP contribution >= 0.6 is 11.6 Å². The molecule has 1 aliphatic rings. The lowest BCUT2D eigenvalue weighted by Gasteiger charge is -2.26.